The van der Waals surface area contributed by atoms with Crippen LogP contribution in [0.3, 0.4) is 0 Å². The van der Waals surface area contributed by atoms with Crippen LogP contribution >= 0.6 is 23.8 Å². The van der Waals surface area contributed by atoms with Gasteiger partial charge >= 0.3 is 6.18 Å². The number of piperazine rings is 1. The zero-order valence-corrected chi connectivity index (χ0v) is 12.9. The lowest BCUT2D eigenvalue weighted by Gasteiger charge is -2.32. The lowest BCUT2D eigenvalue weighted by molar-refractivity contribution is -0.367. The molecule has 0 unspecified atom stereocenters. The molecule has 4 nitrogen and oxygen atoms in total. The summed E-state index contributed by atoms with van der Waals surface area (Å²) in [6.45, 7) is 2.63. The van der Waals surface area contributed by atoms with E-state index in [9.17, 15) is 13.2 Å². The van der Waals surface area contributed by atoms with Crippen LogP contribution in [0.1, 0.15) is 5.56 Å². The molecule has 1 saturated heterocycles. The van der Waals surface area contributed by atoms with Gasteiger partial charge in [0.15, 0.2) is 5.11 Å². The first kappa shape index (κ1) is 16.1. The first-order valence-corrected chi connectivity index (χ1v) is 7.11. The van der Waals surface area contributed by atoms with E-state index in [1.54, 1.807) is 7.05 Å². The van der Waals surface area contributed by atoms with Crippen molar-refractivity contribution < 1.29 is 18.2 Å². The zero-order valence-electron chi connectivity index (χ0n) is 11.3. The summed E-state index contributed by atoms with van der Waals surface area (Å²) in [5, 5.41) is 3.63. The molecule has 0 bridgehead atoms. The second kappa shape index (κ2) is 6.23. The van der Waals surface area contributed by atoms with E-state index in [0.29, 0.717) is 37.1 Å². The third-order valence-corrected chi connectivity index (χ3v) is 4.05. The second-order valence-electron chi connectivity index (χ2n) is 4.61. The van der Waals surface area contributed by atoms with Gasteiger partial charge in [0.2, 0.25) is 0 Å². The summed E-state index contributed by atoms with van der Waals surface area (Å²) in [5.41, 5.74) is -0.786. The predicted molar refractivity (Wildman–Crippen MR) is 78.5 cm³/mol. The molecule has 2 rings (SSSR count). The van der Waals surface area contributed by atoms with Crippen molar-refractivity contribution in [3.63, 3.8) is 0 Å². The maximum atomic E-state index is 12.6. The highest BCUT2D eigenvalue weighted by atomic mass is 35.5. The van der Waals surface area contributed by atoms with Gasteiger partial charge in [-0.1, -0.05) is 11.6 Å². The quantitative estimate of drug-likeness (QED) is 0.791. The smallest absolute Gasteiger partial charge is 0.366 e. The van der Waals surface area contributed by atoms with Crippen LogP contribution in [-0.2, 0) is 6.18 Å². The van der Waals surface area contributed by atoms with Gasteiger partial charge in [-0.15, -0.1) is 0 Å². The number of nitrogens with one attached hydrogen (secondary N) is 2. The van der Waals surface area contributed by atoms with E-state index in [-0.39, 0.29) is 5.02 Å². The summed E-state index contributed by atoms with van der Waals surface area (Å²) in [7, 11) is 1.76. The molecule has 1 aromatic rings. The van der Waals surface area contributed by atoms with Crippen LogP contribution in [0, 0.1) is 0 Å². The molecule has 2 N–H and O–H groups in total. The molecule has 0 saturated carbocycles. The van der Waals surface area contributed by atoms with E-state index in [2.05, 4.69) is 10.3 Å². The van der Waals surface area contributed by atoms with Gasteiger partial charge in [-0.2, -0.15) is 13.2 Å². The second-order valence-corrected chi connectivity index (χ2v) is 5.41. The third kappa shape index (κ3) is 3.68. The highest BCUT2D eigenvalue weighted by Crippen LogP contribution is 2.32. The lowest BCUT2D eigenvalue weighted by Crippen LogP contribution is -2.52. The highest BCUT2D eigenvalue weighted by molar-refractivity contribution is 7.80. The Morgan fingerprint density at radius 1 is 1.33 bits per heavy atom. The van der Waals surface area contributed by atoms with Crippen molar-refractivity contribution in [1.29, 1.82) is 0 Å². The van der Waals surface area contributed by atoms with Crippen molar-refractivity contribution in [3.8, 4) is 0 Å². The molecule has 1 aliphatic heterocycles. The molecule has 0 radical (unpaired) electrons. The Labute approximate surface area is 130 Å². The van der Waals surface area contributed by atoms with E-state index in [1.165, 1.54) is 0 Å². The van der Waals surface area contributed by atoms with Crippen LogP contribution < -0.4 is 15.2 Å². The molecule has 0 spiro atoms. The summed E-state index contributed by atoms with van der Waals surface area (Å²) in [6.07, 6.45) is -3.47. The van der Waals surface area contributed by atoms with E-state index >= 15 is 0 Å². The standard InChI is InChI=1S/C12H14ClF3N4S/c1-17-11(21)20-4-2-19(3-5-20)10-9(13)6-8(7-18-10)12(14,15)16/h6-7H,2-5H2,1H3,(H,17,21)/p+1. The maximum absolute atomic E-state index is 12.6. The Hall–Kier alpha value is -1.28. The number of rotatable bonds is 1. The van der Waals surface area contributed by atoms with Crippen molar-refractivity contribution in [2.24, 2.45) is 0 Å². The van der Waals surface area contributed by atoms with E-state index in [0.717, 1.165) is 12.3 Å². The topological polar surface area (TPSA) is 32.6 Å². The van der Waals surface area contributed by atoms with Gasteiger partial charge < -0.3 is 10.2 Å². The van der Waals surface area contributed by atoms with Gasteiger partial charge in [-0.25, -0.2) is 4.98 Å². The van der Waals surface area contributed by atoms with Crippen LogP contribution in [0.2, 0.25) is 5.02 Å². The normalized spacial score (nSPS) is 16.0. The number of halogens is 4. The van der Waals surface area contributed by atoms with E-state index < -0.39 is 11.7 Å². The molecule has 0 amide bonds. The number of hydrogen-bond donors (Lipinski definition) is 1. The van der Waals surface area contributed by atoms with Gasteiger partial charge in [0.05, 0.1) is 18.7 Å². The van der Waals surface area contributed by atoms with Crippen LogP contribution in [0.15, 0.2) is 12.3 Å². The maximum Gasteiger partial charge on any atom is 0.419 e. The van der Waals surface area contributed by atoms with Crippen molar-refractivity contribution in [2.75, 3.05) is 38.1 Å². The summed E-state index contributed by atoms with van der Waals surface area (Å²) >= 11 is 11.1. The number of aromatic nitrogens is 1. The van der Waals surface area contributed by atoms with Crippen molar-refractivity contribution in [2.45, 2.75) is 6.18 Å². The summed E-state index contributed by atoms with van der Waals surface area (Å²) < 4.78 is 37.8. The molecular formula is C12H15ClF3N4S+. The molecule has 2 heterocycles. The van der Waals surface area contributed by atoms with Crippen molar-refractivity contribution >= 4 is 34.7 Å². The fraction of sp³-hybridized carbons (Fsp3) is 0.500. The number of H-pyrrole nitrogens is 1. The minimum atomic E-state index is -4.41. The molecule has 0 aromatic carbocycles. The van der Waals surface area contributed by atoms with Gasteiger partial charge in [-0.05, 0) is 18.3 Å². The van der Waals surface area contributed by atoms with E-state index in [4.69, 9.17) is 23.8 Å². The minimum Gasteiger partial charge on any atom is -0.366 e. The zero-order chi connectivity index (χ0) is 15.6. The monoisotopic (exact) mass is 339 g/mol. The highest BCUT2D eigenvalue weighted by Gasteiger charge is 2.34. The molecule has 0 aliphatic carbocycles. The van der Waals surface area contributed by atoms with Crippen LogP contribution in [0.4, 0.5) is 19.0 Å². The number of nitrogens with zero attached hydrogens (tertiary/aromatic N) is 2. The van der Waals surface area contributed by atoms with Gasteiger partial charge in [0.1, 0.15) is 24.3 Å². The van der Waals surface area contributed by atoms with Crippen molar-refractivity contribution in [3.05, 3.63) is 22.8 Å². The Balaban J connectivity index is 2.09. The Bertz CT molecular complexity index is 530. The Morgan fingerprint density at radius 3 is 2.43 bits per heavy atom. The number of alkyl halides is 3. The molecular weight excluding hydrogens is 325 g/mol. The van der Waals surface area contributed by atoms with Gasteiger partial charge in [0, 0.05) is 7.05 Å². The fourth-order valence-corrected chi connectivity index (χ4v) is 2.63. The van der Waals surface area contributed by atoms with Crippen LogP contribution in [-0.4, -0.2) is 43.2 Å². The summed E-state index contributed by atoms with van der Waals surface area (Å²) in [4.78, 5) is 6.56. The molecule has 9 heteroatoms. The number of hydrogen-bond acceptors (Lipinski definition) is 2. The van der Waals surface area contributed by atoms with Gasteiger partial charge in [0.25, 0.3) is 5.82 Å². The molecule has 21 heavy (non-hydrogen) atoms. The van der Waals surface area contributed by atoms with E-state index in [1.807, 2.05) is 9.80 Å². The molecule has 116 valence electrons. The summed E-state index contributed by atoms with van der Waals surface area (Å²) in [5.74, 6) is 0.500. The first-order chi connectivity index (χ1) is 9.82. The predicted octanol–water partition coefficient (Wildman–Crippen LogP) is 1.80. The van der Waals surface area contributed by atoms with Gasteiger partial charge in [-0.3, -0.25) is 4.90 Å². The van der Waals surface area contributed by atoms with Crippen LogP contribution in [0.25, 0.3) is 0 Å². The number of pyridine rings is 1. The number of aromatic amines is 1. The third-order valence-electron chi connectivity index (χ3n) is 3.30. The molecule has 1 fully saturated rings. The lowest BCUT2D eigenvalue weighted by atomic mass is 10.2. The number of thiocarbonyl (C=S) groups is 1. The van der Waals surface area contributed by atoms with Crippen molar-refractivity contribution in [1.82, 2.24) is 10.2 Å². The largest absolute Gasteiger partial charge is 0.419 e. The fourth-order valence-electron chi connectivity index (χ4n) is 2.16. The molecule has 1 aliphatic rings. The summed E-state index contributed by atoms with van der Waals surface area (Å²) in [6, 6.07) is 0.942. The SMILES string of the molecule is CNC(=S)N1CCN(c2[nH+]cc(C(F)(F)F)cc2Cl)CC1. The first-order valence-electron chi connectivity index (χ1n) is 6.33. The van der Waals surface area contributed by atoms with Crippen LogP contribution in [0.5, 0.6) is 0 Å². The molecule has 0 atom stereocenters. The minimum absolute atomic E-state index is 0.0643. The average molecular weight is 340 g/mol. The Kier molecular flexibility index (Phi) is 4.77. The Morgan fingerprint density at radius 2 is 1.95 bits per heavy atom. The number of anilines is 1. The average Bonchev–Trinajstić information content (AvgIpc) is 2.45. The molecule has 1 aromatic heterocycles.